The van der Waals surface area contributed by atoms with Gasteiger partial charge in [0.1, 0.15) is 11.6 Å². The Labute approximate surface area is 181 Å². The summed E-state index contributed by atoms with van der Waals surface area (Å²) >= 11 is 0. The summed E-state index contributed by atoms with van der Waals surface area (Å²) in [6, 6.07) is 15.8. The molecule has 5 rings (SSSR count). The highest BCUT2D eigenvalue weighted by atomic mass is 16.1. The number of nitrogens with zero attached hydrogens (tertiary/aromatic N) is 4. The zero-order valence-electron chi connectivity index (χ0n) is 17.6. The molecule has 3 heterocycles. The number of hydrogen-bond donors (Lipinski definition) is 2. The largest absolute Gasteiger partial charge is 0.338 e. The first-order chi connectivity index (χ1) is 15.2. The van der Waals surface area contributed by atoms with E-state index in [1.807, 2.05) is 72.5 Å². The molecular weight excluding hydrogens is 388 g/mol. The predicted molar refractivity (Wildman–Crippen MR) is 121 cm³/mol. The number of aromatic amines is 1. The molecule has 1 fully saturated rings. The van der Waals surface area contributed by atoms with Crippen LogP contribution in [0.5, 0.6) is 0 Å². The minimum Gasteiger partial charge on any atom is -0.338 e. The molecule has 0 atom stereocenters. The summed E-state index contributed by atoms with van der Waals surface area (Å²) in [5, 5.41) is 3.11. The van der Waals surface area contributed by atoms with Crippen molar-refractivity contribution >= 4 is 22.6 Å². The van der Waals surface area contributed by atoms with Crippen molar-refractivity contribution in [2.45, 2.75) is 19.4 Å². The molecule has 0 radical (unpaired) electrons. The summed E-state index contributed by atoms with van der Waals surface area (Å²) in [5.74, 6) is 2.00. The van der Waals surface area contributed by atoms with Gasteiger partial charge in [-0.25, -0.2) is 9.97 Å². The normalized spacial score (nSPS) is 15.4. The Bertz CT molecular complexity index is 1170. The summed E-state index contributed by atoms with van der Waals surface area (Å²) in [5.41, 5.74) is 3.70. The predicted octanol–water partition coefficient (Wildman–Crippen LogP) is 3.81. The number of aromatic nitrogens is 4. The number of para-hydroxylation sites is 2. The van der Waals surface area contributed by atoms with E-state index < -0.39 is 0 Å². The van der Waals surface area contributed by atoms with Crippen molar-refractivity contribution in [1.82, 2.24) is 24.4 Å². The van der Waals surface area contributed by atoms with Gasteiger partial charge in [-0.05, 0) is 50.2 Å². The summed E-state index contributed by atoms with van der Waals surface area (Å²) in [7, 11) is 2.02. The van der Waals surface area contributed by atoms with Crippen molar-refractivity contribution in [2.24, 2.45) is 13.0 Å². The van der Waals surface area contributed by atoms with E-state index in [1.165, 1.54) is 0 Å². The van der Waals surface area contributed by atoms with Gasteiger partial charge in [0.2, 0.25) is 5.91 Å². The Hall–Kier alpha value is -3.45. The van der Waals surface area contributed by atoms with Gasteiger partial charge in [0.05, 0.1) is 17.6 Å². The number of carbonyl (C=O) groups is 1. The quantitative estimate of drug-likeness (QED) is 0.520. The minimum atomic E-state index is 0.0347. The lowest BCUT2D eigenvalue weighted by molar-refractivity contribution is -0.121. The number of rotatable bonds is 5. The highest BCUT2D eigenvalue weighted by Crippen LogP contribution is 2.25. The van der Waals surface area contributed by atoms with Gasteiger partial charge in [0, 0.05) is 36.6 Å². The number of nitrogens with one attached hydrogen (secondary N) is 2. The molecule has 4 aromatic rings. The van der Waals surface area contributed by atoms with Crippen LogP contribution in [0.4, 0.5) is 5.69 Å². The lowest BCUT2D eigenvalue weighted by Gasteiger charge is -2.31. The summed E-state index contributed by atoms with van der Waals surface area (Å²) in [6.45, 7) is 2.64. The number of benzene rings is 2. The van der Waals surface area contributed by atoms with Crippen LogP contribution in [0.25, 0.3) is 22.4 Å². The van der Waals surface area contributed by atoms with Crippen LogP contribution in [-0.2, 0) is 18.4 Å². The maximum atomic E-state index is 12.9. The molecule has 0 saturated carbocycles. The second-order valence-corrected chi connectivity index (χ2v) is 8.18. The average Bonchev–Trinajstić information content (AvgIpc) is 3.40. The van der Waals surface area contributed by atoms with E-state index in [-0.39, 0.29) is 11.8 Å². The Morgan fingerprint density at radius 3 is 2.77 bits per heavy atom. The minimum absolute atomic E-state index is 0.0347. The van der Waals surface area contributed by atoms with Crippen LogP contribution < -0.4 is 5.32 Å². The van der Waals surface area contributed by atoms with Crippen molar-refractivity contribution in [3.8, 4) is 11.4 Å². The molecule has 1 aliphatic heterocycles. The summed E-state index contributed by atoms with van der Waals surface area (Å²) < 4.78 is 2.05. The average molecular weight is 415 g/mol. The zero-order chi connectivity index (χ0) is 21.2. The Balaban J connectivity index is 1.21. The highest BCUT2D eigenvalue weighted by Gasteiger charge is 2.25. The Morgan fingerprint density at radius 1 is 1.16 bits per heavy atom. The van der Waals surface area contributed by atoms with E-state index in [0.29, 0.717) is 0 Å². The van der Waals surface area contributed by atoms with Gasteiger partial charge >= 0.3 is 0 Å². The van der Waals surface area contributed by atoms with Crippen LogP contribution in [0.15, 0.2) is 60.9 Å². The van der Waals surface area contributed by atoms with E-state index in [4.69, 9.17) is 0 Å². The van der Waals surface area contributed by atoms with Crippen LogP contribution in [0.2, 0.25) is 0 Å². The van der Waals surface area contributed by atoms with Gasteiger partial charge in [-0.1, -0.05) is 24.3 Å². The van der Waals surface area contributed by atoms with Crippen LogP contribution in [0.1, 0.15) is 18.7 Å². The highest BCUT2D eigenvalue weighted by molar-refractivity contribution is 5.93. The molecule has 2 aromatic heterocycles. The standard InChI is InChI=1S/C24H26N6O/c1-29-14-11-25-22(29)16-30-12-9-17(10-13-30)24(31)26-19-6-4-5-18(15-19)23-27-20-7-2-3-8-21(20)28-23/h2-8,11,14-15,17H,9-10,12-13,16H2,1H3,(H,26,31)(H,27,28). The lowest BCUT2D eigenvalue weighted by Crippen LogP contribution is -2.38. The summed E-state index contributed by atoms with van der Waals surface area (Å²) in [6.07, 6.45) is 5.52. The molecule has 31 heavy (non-hydrogen) atoms. The number of likely N-dealkylation sites (tertiary alicyclic amines) is 1. The van der Waals surface area contributed by atoms with E-state index in [9.17, 15) is 4.79 Å². The van der Waals surface area contributed by atoms with E-state index in [1.54, 1.807) is 0 Å². The molecule has 7 nitrogen and oxygen atoms in total. The molecule has 7 heteroatoms. The van der Waals surface area contributed by atoms with Crippen molar-refractivity contribution in [3.63, 3.8) is 0 Å². The number of piperidine rings is 1. The van der Waals surface area contributed by atoms with E-state index in [0.717, 1.165) is 66.4 Å². The topological polar surface area (TPSA) is 78.8 Å². The fourth-order valence-electron chi connectivity index (χ4n) is 4.18. The molecule has 2 N–H and O–H groups in total. The SMILES string of the molecule is Cn1ccnc1CN1CCC(C(=O)Nc2cccc(-c3nc4ccccc4[nH]3)c2)CC1. The number of H-pyrrole nitrogens is 1. The van der Waals surface area contributed by atoms with Crippen molar-refractivity contribution in [2.75, 3.05) is 18.4 Å². The molecule has 0 bridgehead atoms. The lowest BCUT2D eigenvalue weighted by atomic mass is 9.95. The van der Waals surface area contributed by atoms with Gasteiger partial charge < -0.3 is 14.9 Å². The van der Waals surface area contributed by atoms with Crippen LogP contribution in [0.3, 0.4) is 0 Å². The molecule has 0 aliphatic carbocycles. The van der Waals surface area contributed by atoms with Crippen molar-refractivity contribution < 1.29 is 4.79 Å². The number of imidazole rings is 2. The Morgan fingerprint density at radius 2 is 2.00 bits per heavy atom. The third-order valence-corrected chi connectivity index (χ3v) is 6.04. The second-order valence-electron chi connectivity index (χ2n) is 8.18. The first-order valence-electron chi connectivity index (χ1n) is 10.7. The Kier molecular flexibility index (Phi) is 5.26. The van der Waals surface area contributed by atoms with Gasteiger partial charge in [-0.15, -0.1) is 0 Å². The zero-order valence-corrected chi connectivity index (χ0v) is 17.6. The monoisotopic (exact) mass is 414 g/mol. The molecule has 0 unspecified atom stereocenters. The molecule has 1 amide bonds. The van der Waals surface area contributed by atoms with Crippen LogP contribution in [0, 0.1) is 5.92 Å². The number of carbonyl (C=O) groups excluding carboxylic acids is 1. The third-order valence-electron chi connectivity index (χ3n) is 6.04. The maximum absolute atomic E-state index is 12.9. The van der Waals surface area contributed by atoms with Crippen molar-refractivity contribution in [1.29, 1.82) is 0 Å². The maximum Gasteiger partial charge on any atom is 0.227 e. The first kappa shape index (κ1) is 19.5. The van der Waals surface area contributed by atoms with Gasteiger partial charge in [0.15, 0.2) is 0 Å². The van der Waals surface area contributed by atoms with Gasteiger partial charge in [-0.3, -0.25) is 9.69 Å². The van der Waals surface area contributed by atoms with Gasteiger partial charge in [0.25, 0.3) is 0 Å². The van der Waals surface area contributed by atoms with Crippen LogP contribution >= 0.6 is 0 Å². The van der Waals surface area contributed by atoms with Crippen molar-refractivity contribution in [3.05, 3.63) is 66.7 Å². The van der Waals surface area contributed by atoms with Gasteiger partial charge in [-0.2, -0.15) is 0 Å². The fourth-order valence-corrected chi connectivity index (χ4v) is 4.18. The third kappa shape index (κ3) is 4.22. The molecule has 0 spiro atoms. The van der Waals surface area contributed by atoms with E-state index in [2.05, 4.69) is 25.2 Å². The molecule has 1 saturated heterocycles. The molecular formula is C24H26N6O. The summed E-state index contributed by atoms with van der Waals surface area (Å²) in [4.78, 5) is 27.6. The fraction of sp³-hybridized carbons (Fsp3) is 0.292. The number of aryl methyl sites for hydroxylation is 1. The first-order valence-corrected chi connectivity index (χ1v) is 10.7. The molecule has 158 valence electrons. The molecule has 1 aliphatic rings. The number of anilines is 1. The molecule has 2 aromatic carbocycles. The smallest absolute Gasteiger partial charge is 0.227 e. The number of fused-ring (bicyclic) bond motifs is 1. The number of hydrogen-bond acceptors (Lipinski definition) is 4. The van der Waals surface area contributed by atoms with Crippen LogP contribution in [-0.4, -0.2) is 43.4 Å². The number of amides is 1. The van der Waals surface area contributed by atoms with E-state index >= 15 is 0 Å². The second kappa shape index (κ2) is 8.35.